The molecule has 0 radical (unpaired) electrons. The third-order valence-electron chi connectivity index (χ3n) is 5.59. The van der Waals surface area contributed by atoms with Crippen LogP contribution in [0.2, 0.25) is 0 Å². The van der Waals surface area contributed by atoms with Crippen molar-refractivity contribution < 1.29 is 13.9 Å². The van der Waals surface area contributed by atoms with Crippen LogP contribution in [0.1, 0.15) is 26.1 Å². The van der Waals surface area contributed by atoms with Gasteiger partial charge >= 0.3 is 0 Å². The number of aromatic nitrogens is 6. The predicted octanol–water partition coefficient (Wildman–Crippen LogP) is 2.39. The normalized spacial score (nSPS) is 17.8. The average molecular weight is 461 g/mol. The Hall–Kier alpha value is -2.83. The van der Waals surface area contributed by atoms with Gasteiger partial charge in [0.15, 0.2) is 17.0 Å². The Kier molecular flexibility index (Phi) is 6.26. The van der Waals surface area contributed by atoms with Crippen LogP contribution >= 0.6 is 10.6 Å². The summed E-state index contributed by atoms with van der Waals surface area (Å²) in [6, 6.07) is -0.508. The van der Waals surface area contributed by atoms with Crippen molar-refractivity contribution in [2.75, 3.05) is 29.9 Å². The smallest absolute Gasteiger partial charge is 0.245 e. The summed E-state index contributed by atoms with van der Waals surface area (Å²) in [5, 5.41) is 3.25. The first-order chi connectivity index (χ1) is 15.3. The van der Waals surface area contributed by atoms with Crippen LogP contribution in [0.5, 0.6) is 0 Å². The number of hydrogen-bond donors (Lipinski definition) is 3. The van der Waals surface area contributed by atoms with Gasteiger partial charge in [0.25, 0.3) is 0 Å². The van der Waals surface area contributed by atoms with Gasteiger partial charge in [0.2, 0.25) is 5.91 Å². The van der Waals surface area contributed by atoms with E-state index in [2.05, 4.69) is 25.3 Å². The van der Waals surface area contributed by atoms with E-state index in [0.717, 1.165) is 5.56 Å². The van der Waals surface area contributed by atoms with E-state index in [-0.39, 0.29) is 17.4 Å². The summed E-state index contributed by atoms with van der Waals surface area (Å²) in [4.78, 5) is 36.9. The molecule has 172 valence electrons. The zero-order chi connectivity index (χ0) is 22.9. The summed E-state index contributed by atoms with van der Waals surface area (Å²) >= 11 is 0. The fourth-order valence-corrected chi connectivity index (χ4v) is 4.97. The third-order valence-corrected chi connectivity index (χ3v) is 7.27. The van der Waals surface area contributed by atoms with E-state index in [4.69, 9.17) is 4.98 Å². The lowest BCUT2D eigenvalue weighted by molar-refractivity contribution is -0.131. The Balaban J connectivity index is 1.64. The van der Waals surface area contributed by atoms with Crippen molar-refractivity contribution in [2.24, 2.45) is 0 Å². The number of nitrogens with one attached hydrogen (secondary N) is 1. The second kappa shape index (κ2) is 8.96. The Bertz CT molecular complexity index is 1110. The van der Waals surface area contributed by atoms with Crippen molar-refractivity contribution in [3.05, 3.63) is 24.5 Å². The van der Waals surface area contributed by atoms with E-state index >= 15 is 0 Å². The number of carbonyl (C=O) groups excluding carboxylic acids is 1. The maximum absolute atomic E-state index is 13.1. The highest BCUT2D eigenvalue weighted by atomic mass is 32.3. The van der Waals surface area contributed by atoms with E-state index in [1.165, 1.54) is 6.33 Å². The highest BCUT2D eigenvalue weighted by Crippen LogP contribution is 2.40. The molecule has 0 bridgehead atoms. The van der Waals surface area contributed by atoms with Crippen LogP contribution in [-0.2, 0) is 11.3 Å². The SMILES string of the molecule is CCC(Nc1ncnc2c1nc(-c1cnc(C)nc1)n2CC)C(=O)N1CCS(O)(O)CC1. The van der Waals surface area contributed by atoms with Gasteiger partial charge in [-0.15, -0.1) is 0 Å². The number of anilines is 1. The molecule has 32 heavy (non-hydrogen) atoms. The summed E-state index contributed by atoms with van der Waals surface area (Å²) in [7, 11) is -2.56. The fraction of sp³-hybridized carbons (Fsp3) is 0.500. The predicted molar refractivity (Wildman–Crippen MR) is 124 cm³/mol. The zero-order valence-corrected chi connectivity index (χ0v) is 19.2. The number of amides is 1. The van der Waals surface area contributed by atoms with Crippen molar-refractivity contribution in [1.82, 2.24) is 34.4 Å². The molecule has 1 amide bonds. The monoisotopic (exact) mass is 460 g/mol. The lowest BCUT2D eigenvalue weighted by atomic mass is 10.2. The molecule has 1 saturated heterocycles. The van der Waals surface area contributed by atoms with Crippen LogP contribution in [0.3, 0.4) is 0 Å². The van der Waals surface area contributed by atoms with Gasteiger partial charge in [0.1, 0.15) is 24.0 Å². The number of aryl methyl sites for hydroxylation is 2. The molecule has 1 fully saturated rings. The van der Waals surface area contributed by atoms with Crippen molar-refractivity contribution in [2.45, 2.75) is 39.8 Å². The highest BCUT2D eigenvalue weighted by molar-refractivity contribution is 8.24. The molecular formula is C20H28N8O3S. The number of nitrogens with zero attached hydrogens (tertiary/aromatic N) is 7. The molecule has 0 spiro atoms. The lowest BCUT2D eigenvalue weighted by Crippen LogP contribution is -2.48. The molecule has 0 saturated carbocycles. The van der Waals surface area contributed by atoms with Gasteiger partial charge in [-0.2, -0.15) is 10.6 Å². The molecule has 3 aromatic rings. The molecule has 3 aromatic heterocycles. The molecular weight excluding hydrogens is 432 g/mol. The number of fused-ring (bicyclic) bond motifs is 1. The Morgan fingerprint density at radius 1 is 1.16 bits per heavy atom. The van der Waals surface area contributed by atoms with Crippen LogP contribution in [-0.4, -0.2) is 80.0 Å². The quantitative estimate of drug-likeness (QED) is 0.505. The van der Waals surface area contributed by atoms with Gasteiger partial charge in [-0.1, -0.05) is 6.92 Å². The van der Waals surface area contributed by atoms with Gasteiger partial charge in [-0.3, -0.25) is 13.9 Å². The van der Waals surface area contributed by atoms with E-state index < -0.39 is 16.6 Å². The number of rotatable bonds is 6. The van der Waals surface area contributed by atoms with E-state index in [1.807, 2.05) is 25.3 Å². The van der Waals surface area contributed by atoms with Gasteiger partial charge in [0.05, 0.1) is 17.1 Å². The van der Waals surface area contributed by atoms with Crippen molar-refractivity contribution in [3.63, 3.8) is 0 Å². The number of carbonyl (C=O) groups is 1. The molecule has 0 aromatic carbocycles. The standard InChI is InChI=1S/C20H28N8O3S/c1-4-15(20(29)27-6-8-32(30,31)9-7-27)25-17-16-19(24-12-23-17)28(5-2)18(26-16)14-10-21-13(3)22-11-14/h10-12,15,30-31H,4-9H2,1-3H3,(H,23,24,25). The van der Waals surface area contributed by atoms with Gasteiger partial charge < -0.3 is 14.8 Å². The first-order valence-electron chi connectivity index (χ1n) is 10.6. The largest absolute Gasteiger partial charge is 0.356 e. The summed E-state index contributed by atoms with van der Waals surface area (Å²) in [5.74, 6) is 2.20. The molecule has 1 unspecified atom stereocenters. The van der Waals surface area contributed by atoms with Crippen LogP contribution in [0.25, 0.3) is 22.6 Å². The molecule has 12 heteroatoms. The molecule has 11 nitrogen and oxygen atoms in total. The molecule has 1 atom stereocenters. The third kappa shape index (κ3) is 4.38. The molecule has 0 aliphatic carbocycles. The van der Waals surface area contributed by atoms with Crippen LogP contribution in [0.15, 0.2) is 18.7 Å². The second-order valence-electron chi connectivity index (χ2n) is 7.73. The zero-order valence-electron chi connectivity index (χ0n) is 18.4. The average Bonchev–Trinajstić information content (AvgIpc) is 3.17. The topological polar surface area (TPSA) is 142 Å². The summed E-state index contributed by atoms with van der Waals surface area (Å²) in [5.41, 5.74) is 2.01. The summed E-state index contributed by atoms with van der Waals surface area (Å²) in [6.45, 7) is 7.07. The van der Waals surface area contributed by atoms with E-state index in [9.17, 15) is 13.9 Å². The van der Waals surface area contributed by atoms with E-state index in [0.29, 0.717) is 54.7 Å². The highest BCUT2D eigenvalue weighted by Gasteiger charge is 2.30. The van der Waals surface area contributed by atoms with Crippen molar-refractivity contribution in [3.8, 4) is 11.4 Å². The maximum Gasteiger partial charge on any atom is 0.245 e. The first-order valence-corrected chi connectivity index (χ1v) is 12.5. The van der Waals surface area contributed by atoms with Gasteiger partial charge in [-0.25, -0.2) is 24.9 Å². The molecule has 1 aliphatic heterocycles. The van der Waals surface area contributed by atoms with Crippen LogP contribution < -0.4 is 5.32 Å². The number of hydrogen-bond acceptors (Lipinski definition) is 9. The minimum absolute atomic E-state index is 0.0868. The molecule has 4 heterocycles. The van der Waals surface area contributed by atoms with Crippen LogP contribution in [0.4, 0.5) is 5.82 Å². The van der Waals surface area contributed by atoms with Crippen molar-refractivity contribution >= 4 is 33.5 Å². The second-order valence-corrected chi connectivity index (χ2v) is 10.2. The Labute approximate surface area is 187 Å². The van der Waals surface area contributed by atoms with E-state index in [1.54, 1.807) is 17.3 Å². The first kappa shape index (κ1) is 22.4. The van der Waals surface area contributed by atoms with Gasteiger partial charge in [0, 0.05) is 32.0 Å². The minimum Gasteiger partial charge on any atom is -0.356 e. The number of imidazole rings is 1. The molecule has 3 N–H and O–H groups in total. The maximum atomic E-state index is 13.1. The summed E-state index contributed by atoms with van der Waals surface area (Å²) < 4.78 is 21.6. The fourth-order valence-electron chi connectivity index (χ4n) is 3.74. The lowest BCUT2D eigenvalue weighted by Gasteiger charge is -2.41. The van der Waals surface area contributed by atoms with Crippen LogP contribution in [0, 0.1) is 6.92 Å². The molecule has 4 rings (SSSR count). The Morgan fingerprint density at radius 3 is 2.47 bits per heavy atom. The van der Waals surface area contributed by atoms with Gasteiger partial charge in [-0.05, 0) is 20.3 Å². The Morgan fingerprint density at radius 2 is 1.84 bits per heavy atom. The molecule has 1 aliphatic rings. The van der Waals surface area contributed by atoms with Crippen molar-refractivity contribution in [1.29, 1.82) is 0 Å². The summed E-state index contributed by atoms with van der Waals surface area (Å²) in [6.07, 6.45) is 5.47. The minimum atomic E-state index is -2.56.